The van der Waals surface area contributed by atoms with Crippen LogP contribution in [-0.4, -0.2) is 0 Å². The summed E-state index contributed by atoms with van der Waals surface area (Å²) in [4.78, 5) is 2.40. The molecule has 0 aliphatic heterocycles. The Hall–Kier alpha value is -8.98. The van der Waals surface area contributed by atoms with E-state index in [-0.39, 0.29) is 0 Å². The molecule has 0 aliphatic carbocycles. The van der Waals surface area contributed by atoms with Gasteiger partial charge in [-0.1, -0.05) is 200 Å². The second-order valence-electron chi connectivity index (χ2n) is 17.7. The Kier molecular flexibility index (Phi) is 9.54. The molecule has 0 aliphatic rings. The molecule has 13 aromatic rings. The van der Waals surface area contributed by atoms with Gasteiger partial charge in [-0.3, -0.25) is 0 Å². The van der Waals surface area contributed by atoms with Gasteiger partial charge in [0.05, 0.1) is 11.1 Å². The number of benzene rings is 12. The van der Waals surface area contributed by atoms with Crippen LogP contribution >= 0.6 is 0 Å². The Bertz CT molecular complexity index is 3860. The van der Waals surface area contributed by atoms with Crippen molar-refractivity contribution in [1.29, 1.82) is 0 Å². The van der Waals surface area contributed by atoms with Crippen molar-refractivity contribution < 1.29 is 4.42 Å². The number of rotatable bonds is 8. The van der Waals surface area contributed by atoms with Crippen molar-refractivity contribution >= 4 is 71.3 Å². The quantitative estimate of drug-likeness (QED) is 0.151. The van der Waals surface area contributed by atoms with E-state index < -0.39 is 0 Å². The van der Waals surface area contributed by atoms with Crippen LogP contribution < -0.4 is 4.90 Å². The van der Waals surface area contributed by atoms with Gasteiger partial charge < -0.3 is 9.32 Å². The Balaban J connectivity index is 0.906. The van der Waals surface area contributed by atoms with Crippen molar-refractivity contribution in [2.24, 2.45) is 0 Å². The lowest BCUT2D eigenvalue weighted by molar-refractivity contribution is 0.672. The average Bonchev–Trinajstić information content (AvgIpc) is 3.81. The number of furan rings is 1. The minimum absolute atomic E-state index is 0.855. The normalized spacial score (nSPS) is 11.5. The second-order valence-corrected chi connectivity index (χ2v) is 17.7. The zero-order valence-electron chi connectivity index (χ0n) is 37.2. The van der Waals surface area contributed by atoms with Gasteiger partial charge in [-0.05, 0) is 143 Å². The van der Waals surface area contributed by atoms with Crippen molar-refractivity contribution in [3.8, 4) is 55.6 Å². The molecular formula is C66H43NO. The maximum Gasteiger partial charge on any atom is 0.143 e. The van der Waals surface area contributed by atoms with Crippen LogP contribution in [0.2, 0.25) is 0 Å². The Morgan fingerprint density at radius 1 is 0.265 bits per heavy atom. The topological polar surface area (TPSA) is 16.4 Å². The van der Waals surface area contributed by atoms with E-state index in [1.807, 2.05) is 0 Å². The van der Waals surface area contributed by atoms with E-state index in [0.717, 1.165) is 55.3 Å². The molecule has 0 amide bonds. The molecular weight excluding hydrogens is 823 g/mol. The van der Waals surface area contributed by atoms with E-state index in [4.69, 9.17) is 4.42 Å². The highest BCUT2D eigenvalue weighted by molar-refractivity contribution is 6.22. The summed E-state index contributed by atoms with van der Waals surface area (Å²) >= 11 is 0. The standard InChI is InChI=1S/C66H43NO/c1-3-14-44(15-4-1)54-38-55(45-16-5-2-6-17-45)40-56(39-54)50-28-26-48(27-29-50)49-30-32-51(33-31-49)61-43-62-65-63(24-13-25-64(65)68-66(62)60-23-12-11-22-59(60)61)67(57-36-34-46-18-7-9-20-52(46)41-57)58-37-35-47-19-8-10-21-53(47)42-58/h1-43H. The fraction of sp³-hybridized carbons (Fsp3) is 0. The molecule has 0 saturated heterocycles. The molecule has 0 N–H and O–H groups in total. The predicted octanol–water partition coefficient (Wildman–Crippen LogP) is 18.9. The first-order valence-corrected chi connectivity index (χ1v) is 23.3. The first kappa shape index (κ1) is 39.4. The molecule has 0 radical (unpaired) electrons. The third-order valence-corrected chi connectivity index (χ3v) is 13.6. The molecule has 1 aromatic heterocycles. The fourth-order valence-electron chi connectivity index (χ4n) is 10.2. The van der Waals surface area contributed by atoms with E-state index in [2.05, 4.69) is 266 Å². The third kappa shape index (κ3) is 6.99. The third-order valence-electron chi connectivity index (χ3n) is 13.6. The van der Waals surface area contributed by atoms with E-state index in [0.29, 0.717) is 0 Å². The lowest BCUT2D eigenvalue weighted by Crippen LogP contribution is -2.10. The SMILES string of the molecule is c1ccc(-c2cc(-c3ccccc3)cc(-c3ccc(-c4ccc(-c5cc6c(oc7cccc(N(c8ccc9ccccc9c8)c8ccc9ccccc9c8)c76)c6ccccc56)cc4)cc3)c2)cc1. The van der Waals surface area contributed by atoms with Gasteiger partial charge in [0.15, 0.2) is 0 Å². The highest BCUT2D eigenvalue weighted by Crippen LogP contribution is 2.47. The summed E-state index contributed by atoms with van der Waals surface area (Å²) in [6.07, 6.45) is 0. The minimum Gasteiger partial charge on any atom is -0.455 e. The number of nitrogens with zero attached hydrogens (tertiary/aromatic N) is 1. The zero-order valence-corrected chi connectivity index (χ0v) is 37.2. The van der Waals surface area contributed by atoms with Crippen molar-refractivity contribution in [1.82, 2.24) is 0 Å². The van der Waals surface area contributed by atoms with Crippen LogP contribution in [0.1, 0.15) is 0 Å². The van der Waals surface area contributed by atoms with Crippen LogP contribution in [0.15, 0.2) is 265 Å². The van der Waals surface area contributed by atoms with Gasteiger partial charge in [-0.2, -0.15) is 0 Å². The maximum absolute atomic E-state index is 6.91. The zero-order chi connectivity index (χ0) is 45.0. The molecule has 2 nitrogen and oxygen atoms in total. The van der Waals surface area contributed by atoms with Gasteiger partial charge in [-0.25, -0.2) is 0 Å². The average molecular weight is 866 g/mol. The Labute approximate surface area is 395 Å². The minimum atomic E-state index is 0.855. The fourth-order valence-corrected chi connectivity index (χ4v) is 10.2. The maximum atomic E-state index is 6.91. The Morgan fingerprint density at radius 2 is 0.706 bits per heavy atom. The van der Waals surface area contributed by atoms with Gasteiger partial charge in [-0.15, -0.1) is 0 Å². The van der Waals surface area contributed by atoms with Crippen molar-refractivity contribution in [3.63, 3.8) is 0 Å². The molecule has 318 valence electrons. The monoisotopic (exact) mass is 865 g/mol. The molecule has 68 heavy (non-hydrogen) atoms. The van der Waals surface area contributed by atoms with Gasteiger partial charge in [0.25, 0.3) is 0 Å². The summed E-state index contributed by atoms with van der Waals surface area (Å²) in [6.45, 7) is 0. The lowest BCUT2D eigenvalue weighted by atomic mass is 9.92. The molecule has 0 unspecified atom stereocenters. The lowest BCUT2D eigenvalue weighted by Gasteiger charge is -2.27. The number of hydrogen-bond acceptors (Lipinski definition) is 2. The largest absolute Gasteiger partial charge is 0.455 e. The summed E-state index contributed by atoms with van der Waals surface area (Å²) < 4.78 is 6.91. The summed E-state index contributed by atoms with van der Waals surface area (Å²) in [5.74, 6) is 0. The molecule has 12 aromatic carbocycles. The predicted molar refractivity (Wildman–Crippen MR) is 288 cm³/mol. The molecule has 13 rings (SSSR count). The molecule has 0 atom stereocenters. The van der Waals surface area contributed by atoms with E-state index >= 15 is 0 Å². The highest BCUT2D eigenvalue weighted by Gasteiger charge is 2.22. The molecule has 0 bridgehead atoms. The molecule has 0 fully saturated rings. The number of hydrogen-bond donors (Lipinski definition) is 0. The van der Waals surface area contributed by atoms with Crippen LogP contribution in [0.25, 0.3) is 110 Å². The van der Waals surface area contributed by atoms with Crippen molar-refractivity contribution in [3.05, 3.63) is 261 Å². The van der Waals surface area contributed by atoms with Crippen LogP contribution in [0, 0.1) is 0 Å². The second kappa shape index (κ2) is 16.5. The first-order valence-electron chi connectivity index (χ1n) is 23.3. The first-order chi connectivity index (χ1) is 33.7. The number of anilines is 3. The molecule has 1 heterocycles. The summed E-state index contributed by atoms with van der Waals surface area (Å²) in [7, 11) is 0. The number of fused-ring (bicyclic) bond motifs is 7. The van der Waals surface area contributed by atoms with Gasteiger partial charge in [0.2, 0.25) is 0 Å². The molecule has 0 spiro atoms. The van der Waals surface area contributed by atoms with Crippen molar-refractivity contribution in [2.45, 2.75) is 0 Å². The van der Waals surface area contributed by atoms with Gasteiger partial charge in [0, 0.05) is 22.1 Å². The van der Waals surface area contributed by atoms with Crippen molar-refractivity contribution in [2.75, 3.05) is 4.90 Å². The van der Waals surface area contributed by atoms with E-state index in [1.165, 1.54) is 71.6 Å². The van der Waals surface area contributed by atoms with E-state index in [9.17, 15) is 0 Å². The summed E-state index contributed by atoms with van der Waals surface area (Å²) in [6, 6.07) is 94.4. The Morgan fingerprint density at radius 3 is 1.25 bits per heavy atom. The summed E-state index contributed by atoms with van der Waals surface area (Å²) in [5, 5.41) is 9.23. The summed E-state index contributed by atoms with van der Waals surface area (Å²) in [5.41, 5.74) is 16.9. The highest BCUT2D eigenvalue weighted by atomic mass is 16.3. The van der Waals surface area contributed by atoms with Gasteiger partial charge in [0.1, 0.15) is 11.2 Å². The molecule has 2 heteroatoms. The van der Waals surface area contributed by atoms with Crippen LogP contribution in [-0.2, 0) is 0 Å². The van der Waals surface area contributed by atoms with Gasteiger partial charge >= 0.3 is 0 Å². The molecule has 0 saturated carbocycles. The van der Waals surface area contributed by atoms with E-state index in [1.54, 1.807) is 0 Å². The van der Waals surface area contributed by atoms with Crippen LogP contribution in [0.4, 0.5) is 17.1 Å². The van der Waals surface area contributed by atoms with Crippen LogP contribution in [0.5, 0.6) is 0 Å². The van der Waals surface area contributed by atoms with Crippen LogP contribution in [0.3, 0.4) is 0 Å². The smallest absolute Gasteiger partial charge is 0.143 e.